The summed E-state index contributed by atoms with van der Waals surface area (Å²) in [7, 11) is 4.10. The number of methoxy groups -OCH3 is 3. The summed E-state index contributed by atoms with van der Waals surface area (Å²) >= 11 is 0. The summed E-state index contributed by atoms with van der Waals surface area (Å²) in [5.74, 6) is 2.52. The number of hydrogen-bond donors (Lipinski definition) is 2. The Bertz CT molecular complexity index is 2330. The highest BCUT2D eigenvalue weighted by Crippen LogP contribution is 2.48. The van der Waals surface area contributed by atoms with E-state index in [1.54, 1.807) is 45.4 Å². The van der Waals surface area contributed by atoms with Crippen LogP contribution in [0.5, 0.6) is 46.0 Å². The molecule has 1 aliphatic heterocycles. The summed E-state index contributed by atoms with van der Waals surface area (Å²) in [6.45, 7) is 7.77. The molecule has 5 aromatic carbocycles. The second-order valence-corrected chi connectivity index (χ2v) is 15.2. The van der Waals surface area contributed by atoms with E-state index in [1.165, 1.54) is 19.2 Å². The first-order valence-corrected chi connectivity index (χ1v) is 21.0. The van der Waals surface area contributed by atoms with Gasteiger partial charge in [-0.2, -0.15) is 8.42 Å². The maximum Gasteiger partial charge on any atom is 0.343 e. The van der Waals surface area contributed by atoms with Crippen molar-refractivity contribution in [2.24, 2.45) is 0 Å². The van der Waals surface area contributed by atoms with Gasteiger partial charge in [-0.15, -0.1) is 0 Å². The molecule has 12 nitrogen and oxygen atoms in total. The molecule has 0 fully saturated rings. The number of aryl methyl sites for hydroxylation is 3. The molecular weight excluding hydrogens is 773 g/mol. The monoisotopic (exact) mass is 826 g/mol. The van der Waals surface area contributed by atoms with E-state index in [-0.39, 0.29) is 16.4 Å². The normalized spacial score (nSPS) is 12.4. The largest absolute Gasteiger partial charge is 0.493 e. The highest BCUT2D eigenvalue weighted by atomic mass is 32.2. The molecule has 314 valence electrons. The second kappa shape index (κ2) is 20.4. The van der Waals surface area contributed by atoms with E-state index < -0.39 is 16.1 Å². The molecule has 5 aromatic rings. The number of carbonyl (C=O) groups excluding carboxylic acids is 1. The Hall–Kier alpha value is -5.60. The number of benzene rings is 5. The van der Waals surface area contributed by atoms with Gasteiger partial charge >= 0.3 is 5.97 Å². The fourth-order valence-corrected chi connectivity index (χ4v) is 7.57. The van der Waals surface area contributed by atoms with Crippen LogP contribution in [0.1, 0.15) is 57.6 Å². The van der Waals surface area contributed by atoms with Crippen LogP contribution >= 0.6 is 0 Å². The number of esters is 1. The van der Waals surface area contributed by atoms with Crippen LogP contribution in [0.2, 0.25) is 0 Å². The maximum absolute atomic E-state index is 13.4. The van der Waals surface area contributed by atoms with Crippen LogP contribution in [0, 0.1) is 6.92 Å². The van der Waals surface area contributed by atoms with Gasteiger partial charge in [-0.05, 0) is 130 Å². The van der Waals surface area contributed by atoms with Gasteiger partial charge in [0, 0.05) is 24.7 Å². The zero-order valence-electron chi connectivity index (χ0n) is 35.0. The van der Waals surface area contributed by atoms with Crippen LogP contribution in [0.4, 0.5) is 0 Å². The minimum Gasteiger partial charge on any atom is -0.493 e. The predicted molar refractivity (Wildman–Crippen MR) is 228 cm³/mol. The lowest BCUT2D eigenvalue weighted by Gasteiger charge is -2.29. The fourth-order valence-electron chi connectivity index (χ4n) is 6.85. The Kier molecular flexibility index (Phi) is 15.4. The zero-order valence-corrected chi connectivity index (χ0v) is 35.8. The highest BCUT2D eigenvalue weighted by Gasteiger charge is 2.29. The second-order valence-electron chi connectivity index (χ2n) is 13.8. The molecule has 1 heterocycles. The molecule has 0 unspecified atom stereocenters. The molecule has 0 spiro atoms. The maximum atomic E-state index is 13.4. The van der Waals surface area contributed by atoms with E-state index in [0.29, 0.717) is 65.0 Å². The van der Waals surface area contributed by atoms with Gasteiger partial charge in [-0.3, -0.25) is 4.55 Å². The Morgan fingerprint density at radius 1 is 0.763 bits per heavy atom. The average molecular weight is 827 g/mol. The predicted octanol–water partition coefficient (Wildman–Crippen LogP) is 8.63. The number of hydrogen-bond acceptors (Lipinski definition) is 11. The van der Waals surface area contributed by atoms with Crippen molar-refractivity contribution >= 4 is 16.1 Å². The van der Waals surface area contributed by atoms with Crippen LogP contribution in [-0.4, -0.2) is 72.4 Å². The van der Waals surface area contributed by atoms with Crippen LogP contribution < -0.4 is 33.7 Å². The van der Waals surface area contributed by atoms with Crippen molar-refractivity contribution in [3.8, 4) is 46.0 Å². The van der Waals surface area contributed by atoms with Crippen LogP contribution in [-0.2, 0) is 42.3 Å². The molecule has 13 heteroatoms. The Labute approximate surface area is 347 Å². The number of likely N-dealkylation sites (N-methyl/N-ethyl adjacent to an activating group) is 2. The number of fused-ring (bicyclic) bond motifs is 1. The van der Waals surface area contributed by atoms with Gasteiger partial charge in [-0.25, -0.2) is 4.79 Å². The van der Waals surface area contributed by atoms with Gasteiger partial charge in [0.05, 0.1) is 26.9 Å². The van der Waals surface area contributed by atoms with E-state index >= 15 is 0 Å². The summed E-state index contributed by atoms with van der Waals surface area (Å²) in [6.07, 6.45) is 2.90. The Morgan fingerprint density at radius 3 is 2.03 bits per heavy atom. The molecule has 0 saturated heterocycles. The van der Waals surface area contributed by atoms with Gasteiger partial charge in [-0.1, -0.05) is 44.2 Å². The standard InChI is InChI=1S/C44H48N2O10S.C2H6/c1-28-22-38(37(52-5)26-41(28)57(48,49)50)54-34-16-13-29(14-17-34)12-15-31-24-39(36(51-4)23-32(31)18-20-45-2)55-42-35-27-46(3)21-19-33(35)25-40(53-6)43(42)56-44(47)30-10-8-7-9-11-30;1-2/h7-11,13-14,16-17,22-26,45H,12,15,18-21,27H2,1-6H3,(H,48,49,50);1-2H3. The van der Waals surface area contributed by atoms with Gasteiger partial charge in [0.1, 0.15) is 10.6 Å². The lowest BCUT2D eigenvalue weighted by molar-refractivity contribution is 0.0724. The third kappa shape index (κ3) is 10.9. The minimum atomic E-state index is -4.43. The molecule has 1 aliphatic rings. The van der Waals surface area contributed by atoms with Crippen LogP contribution in [0.25, 0.3) is 0 Å². The number of ether oxygens (including phenoxy) is 6. The van der Waals surface area contributed by atoms with E-state index in [0.717, 1.165) is 53.7 Å². The molecule has 0 atom stereocenters. The number of nitrogens with zero attached hydrogens (tertiary/aromatic N) is 1. The number of rotatable bonds is 16. The van der Waals surface area contributed by atoms with Gasteiger partial charge in [0.2, 0.25) is 5.75 Å². The molecule has 2 N–H and O–H groups in total. The summed E-state index contributed by atoms with van der Waals surface area (Å²) in [6, 6.07) is 25.1. The van der Waals surface area contributed by atoms with Crippen molar-refractivity contribution in [3.05, 3.63) is 124 Å². The quantitative estimate of drug-likeness (QED) is 0.0559. The number of carbonyl (C=O) groups is 1. The van der Waals surface area contributed by atoms with E-state index in [4.69, 9.17) is 28.4 Å². The lowest BCUT2D eigenvalue weighted by atomic mass is 9.96. The first-order valence-electron chi connectivity index (χ1n) is 19.6. The highest BCUT2D eigenvalue weighted by molar-refractivity contribution is 7.85. The van der Waals surface area contributed by atoms with Crippen LogP contribution in [0.3, 0.4) is 0 Å². The number of nitrogens with one attached hydrogen (secondary N) is 1. The first-order chi connectivity index (χ1) is 28.4. The molecule has 0 saturated carbocycles. The summed E-state index contributed by atoms with van der Waals surface area (Å²) in [5.41, 5.74) is 5.92. The van der Waals surface area contributed by atoms with Crippen molar-refractivity contribution in [3.63, 3.8) is 0 Å². The third-order valence-corrected chi connectivity index (χ3v) is 10.9. The molecule has 0 amide bonds. The van der Waals surface area contributed by atoms with Crippen molar-refractivity contribution < 1.29 is 46.2 Å². The molecule has 0 aliphatic carbocycles. The molecule has 0 aromatic heterocycles. The third-order valence-electron chi connectivity index (χ3n) is 9.93. The SMILES string of the molecule is CC.CNCCc1cc(OC)c(Oc2c3c(cc(OC)c2OC(=O)c2ccccc2)CCN(C)C3)cc1CCc1ccc(Oc2cc(C)c(S(=O)(=O)O)cc2OC)cc1. The van der Waals surface area contributed by atoms with Crippen molar-refractivity contribution in [1.82, 2.24) is 10.2 Å². The molecule has 0 radical (unpaired) electrons. The molecule has 59 heavy (non-hydrogen) atoms. The van der Waals surface area contributed by atoms with Gasteiger partial charge in [0.25, 0.3) is 10.1 Å². The Morgan fingerprint density at radius 2 is 1.39 bits per heavy atom. The summed E-state index contributed by atoms with van der Waals surface area (Å²) in [4.78, 5) is 15.4. The lowest BCUT2D eigenvalue weighted by Crippen LogP contribution is -2.27. The zero-order chi connectivity index (χ0) is 42.7. The first kappa shape index (κ1) is 44.5. The van der Waals surface area contributed by atoms with Crippen molar-refractivity contribution in [2.45, 2.75) is 57.9 Å². The van der Waals surface area contributed by atoms with Crippen LogP contribution in [0.15, 0.2) is 89.8 Å². The minimum absolute atomic E-state index is 0.173. The summed E-state index contributed by atoms with van der Waals surface area (Å²) in [5, 5.41) is 3.24. The van der Waals surface area contributed by atoms with E-state index in [1.807, 2.05) is 76.5 Å². The fraction of sp³-hybridized carbons (Fsp3) is 0.326. The van der Waals surface area contributed by atoms with Gasteiger partial charge < -0.3 is 38.6 Å². The summed E-state index contributed by atoms with van der Waals surface area (Å²) < 4.78 is 69.3. The van der Waals surface area contributed by atoms with Gasteiger partial charge in [0.15, 0.2) is 34.5 Å². The smallest absolute Gasteiger partial charge is 0.343 e. The molecule has 6 rings (SSSR count). The van der Waals surface area contributed by atoms with Crippen molar-refractivity contribution in [1.29, 1.82) is 0 Å². The Balaban J connectivity index is 0.00000326. The topological polar surface area (TPSA) is 142 Å². The average Bonchev–Trinajstić information content (AvgIpc) is 3.24. The van der Waals surface area contributed by atoms with Crippen molar-refractivity contribution in [2.75, 3.05) is 48.5 Å². The van der Waals surface area contributed by atoms with E-state index in [2.05, 4.69) is 10.2 Å². The molecular formula is C46H54N2O10S. The molecule has 0 bridgehead atoms. The van der Waals surface area contributed by atoms with E-state index in [9.17, 15) is 17.8 Å².